The molecule has 1 rings (SSSR count). The predicted octanol–water partition coefficient (Wildman–Crippen LogP) is 3.21. The lowest BCUT2D eigenvalue weighted by atomic mass is 10.2. The maximum Gasteiger partial charge on any atom is 0.294 e. The number of aryl methyl sites for hydroxylation is 1. The number of hydrogen-bond acceptors (Lipinski definition) is 2. The highest BCUT2D eigenvalue weighted by atomic mass is 32.2. The summed E-state index contributed by atoms with van der Waals surface area (Å²) in [6.45, 7) is 8.53. The molecule has 0 saturated carbocycles. The minimum atomic E-state index is -4.13. The van der Waals surface area contributed by atoms with Crippen LogP contribution in [-0.2, 0) is 16.5 Å². The molecule has 108 valence electrons. The summed E-state index contributed by atoms with van der Waals surface area (Å²) in [4.78, 5) is 0.109. The Kier molecular flexibility index (Phi) is 5.35. The van der Waals surface area contributed by atoms with E-state index in [0.29, 0.717) is 0 Å². The predicted molar refractivity (Wildman–Crippen MR) is 82.5 cm³/mol. The van der Waals surface area contributed by atoms with Crippen LogP contribution in [-0.4, -0.2) is 21.0 Å². The molecule has 3 nitrogen and oxygen atoms in total. The van der Waals surface area contributed by atoms with Gasteiger partial charge in [0.15, 0.2) is 0 Å². The van der Waals surface area contributed by atoms with Gasteiger partial charge in [-0.2, -0.15) is 8.42 Å². The summed E-state index contributed by atoms with van der Waals surface area (Å²) in [5.41, 5.74) is 1.12. The number of hydrogen-bond donors (Lipinski definition) is 1. The van der Waals surface area contributed by atoms with Crippen LogP contribution in [0, 0.1) is 0 Å². The molecular formula is C14H24O3SSi. The lowest BCUT2D eigenvalue weighted by Gasteiger charge is -2.25. The Bertz CT molecular complexity index is 536. The molecule has 0 fully saturated rings. The number of benzene rings is 1. The van der Waals surface area contributed by atoms with Gasteiger partial charge in [0.05, 0.1) is 13.0 Å². The van der Waals surface area contributed by atoms with Crippen LogP contribution in [0.1, 0.15) is 32.3 Å². The summed E-state index contributed by atoms with van der Waals surface area (Å²) in [5.74, 6) is 0. The number of rotatable bonds is 6. The lowest BCUT2D eigenvalue weighted by Crippen LogP contribution is -2.44. The third kappa shape index (κ3) is 4.16. The van der Waals surface area contributed by atoms with Crippen LogP contribution in [0.3, 0.4) is 0 Å². The molecule has 0 radical (unpaired) electrons. The van der Waals surface area contributed by atoms with E-state index in [4.69, 9.17) is 0 Å². The van der Waals surface area contributed by atoms with Crippen LogP contribution < -0.4 is 5.19 Å². The normalized spacial score (nSPS) is 12.7. The fourth-order valence-corrected chi connectivity index (χ4v) is 6.93. The molecule has 1 N–H and O–H groups in total. The second kappa shape index (κ2) is 6.20. The molecule has 0 saturated heterocycles. The molecule has 0 spiro atoms. The SMILES string of the molecule is CCCC[Si](C)(C)c1cc(CC)ccc1S(=O)(=O)O. The minimum Gasteiger partial charge on any atom is -0.282 e. The first-order valence-electron chi connectivity index (χ1n) is 6.83. The third-order valence-electron chi connectivity index (χ3n) is 3.61. The molecule has 0 unspecified atom stereocenters. The van der Waals surface area contributed by atoms with Crippen molar-refractivity contribution in [2.45, 2.75) is 57.1 Å². The van der Waals surface area contributed by atoms with Crippen molar-refractivity contribution in [1.29, 1.82) is 0 Å². The van der Waals surface area contributed by atoms with E-state index in [-0.39, 0.29) is 4.90 Å². The average Bonchev–Trinajstić information content (AvgIpc) is 2.34. The Morgan fingerprint density at radius 3 is 2.32 bits per heavy atom. The molecule has 0 amide bonds. The van der Waals surface area contributed by atoms with Gasteiger partial charge in [0.2, 0.25) is 0 Å². The van der Waals surface area contributed by atoms with Crippen molar-refractivity contribution in [3.8, 4) is 0 Å². The zero-order valence-corrected chi connectivity index (χ0v) is 14.0. The van der Waals surface area contributed by atoms with E-state index in [1.165, 1.54) is 0 Å². The Morgan fingerprint density at radius 2 is 1.84 bits per heavy atom. The van der Waals surface area contributed by atoms with Crippen molar-refractivity contribution in [3.05, 3.63) is 23.8 Å². The molecule has 0 aliphatic heterocycles. The summed E-state index contributed by atoms with van der Waals surface area (Å²) in [7, 11) is -5.97. The largest absolute Gasteiger partial charge is 0.294 e. The highest BCUT2D eigenvalue weighted by Crippen LogP contribution is 2.20. The van der Waals surface area contributed by atoms with Gasteiger partial charge in [-0.25, -0.2) is 0 Å². The smallest absolute Gasteiger partial charge is 0.282 e. The summed E-state index contributed by atoms with van der Waals surface area (Å²) >= 11 is 0. The van der Waals surface area contributed by atoms with Gasteiger partial charge in [-0.15, -0.1) is 0 Å². The summed E-state index contributed by atoms with van der Waals surface area (Å²) in [5, 5.41) is 0.864. The van der Waals surface area contributed by atoms with Gasteiger partial charge in [-0.05, 0) is 23.2 Å². The van der Waals surface area contributed by atoms with Gasteiger partial charge in [0.25, 0.3) is 10.1 Å². The van der Waals surface area contributed by atoms with Crippen LogP contribution in [0.25, 0.3) is 0 Å². The highest BCUT2D eigenvalue weighted by molar-refractivity contribution is 7.86. The van der Waals surface area contributed by atoms with Gasteiger partial charge in [0, 0.05) is 0 Å². The van der Waals surface area contributed by atoms with E-state index in [1.807, 2.05) is 13.0 Å². The Morgan fingerprint density at radius 1 is 1.21 bits per heavy atom. The van der Waals surface area contributed by atoms with Gasteiger partial charge in [0.1, 0.15) is 0 Å². The van der Waals surface area contributed by atoms with Crippen molar-refractivity contribution >= 4 is 23.4 Å². The van der Waals surface area contributed by atoms with Crippen molar-refractivity contribution in [2.75, 3.05) is 0 Å². The van der Waals surface area contributed by atoms with Crippen molar-refractivity contribution < 1.29 is 13.0 Å². The molecule has 0 aliphatic rings. The molecule has 0 heterocycles. The quantitative estimate of drug-likeness (QED) is 0.648. The first-order valence-corrected chi connectivity index (χ1v) is 11.5. The molecule has 1 aromatic rings. The molecule has 19 heavy (non-hydrogen) atoms. The van der Waals surface area contributed by atoms with E-state index in [0.717, 1.165) is 36.1 Å². The molecular weight excluding hydrogens is 276 g/mol. The van der Waals surface area contributed by atoms with E-state index in [9.17, 15) is 13.0 Å². The van der Waals surface area contributed by atoms with E-state index >= 15 is 0 Å². The second-order valence-corrected chi connectivity index (χ2v) is 11.8. The molecule has 5 heteroatoms. The molecule has 0 aromatic heterocycles. The lowest BCUT2D eigenvalue weighted by molar-refractivity contribution is 0.484. The summed E-state index contributed by atoms with van der Waals surface area (Å²) < 4.78 is 32.5. The Balaban J connectivity index is 3.37. The zero-order chi connectivity index (χ0) is 14.7. The molecule has 0 atom stereocenters. The van der Waals surface area contributed by atoms with Gasteiger partial charge >= 0.3 is 0 Å². The van der Waals surface area contributed by atoms with Crippen LogP contribution in [0.4, 0.5) is 0 Å². The third-order valence-corrected chi connectivity index (χ3v) is 8.18. The van der Waals surface area contributed by atoms with E-state index in [1.54, 1.807) is 12.1 Å². The van der Waals surface area contributed by atoms with Crippen LogP contribution >= 0.6 is 0 Å². The van der Waals surface area contributed by atoms with Gasteiger partial charge in [-0.3, -0.25) is 4.55 Å². The van der Waals surface area contributed by atoms with Crippen LogP contribution in [0.2, 0.25) is 19.1 Å². The molecule has 0 bridgehead atoms. The van der Waals surface area contributed by atoms with Crippen molar-refractivity contribution in [3.63, 3.8) is 0 Å². The second-order valence-electron chi connectivity index (χ2n) is 5.65. The van der Waals surface area contributed by atoms with Crippen molar-refractivity contribution in [2.24, 2.45) is 0 Å². The van der Waals surface area contributed by atoms with Crippen molar-refractivity contribution in [1.82, 2.24) is 0 Å². The Hall–Kier alpha value is -0.653. The average molecular weight is 300 g/mol. The zero-order valence-electron chi connectivity index (χ0n) is 12.2. The van der Waals surface area contributed by atoms with Gasteiger partial charge < -0.3 is 0 Å². The monoisotopic (exact) mass is 300 g/mol. The van der Waals surface area contributed by atoms with Crippen LogP contribution in [0.15, 0.2) is 23.1 Å². The van der Waals surface area contributed by atoms with E-state index in [2.05, 4.69) is 20.0 Å². The molecule has 1 aromatic carbocycles. The fourth-order valence-electron chi connectivity index (χ4n) is 2.30. The van der Waals surface area contributed by atoms with Gasteiger partial charge in [-0.1, -0.05) is 58.0 Å². The minimum absolute atomic E-state index is 0.109. The maximum atomic E-state index is 11.6. The summed E-state index contributed by atoms with van der Waals surface area (Å²) in [6.07, 6.45) is 3.07. The first-order chi connectivity index (χ1) is 8.72. The first kappa shape index (κ1) is 16.4. The number of unbranched alkanes of at least 4 members (excludes halogenated alkanes) is 1. The topological polar surface area (TPSA) is 54.4 Å². The van der Waals surface area contributed by atoms with Crippen LogP contribution in [0.5, 0.6) is 0 Å². The maximum absolute atomic E-state index is 11.6. The molecule has 0 aliphatic carbocycles. The fraction of sp³-hybridized carbons (Fsp3) is 0.571. The Labute approximate surface area is 117 Å². The highest BCUT2D eigenvalue weighted by Gasteiger charge is 2.29. The summed E-state index contributed by atoms with van der Waals surface area (Å²) in [6, 6.07) is 6.37. The van der Waals surface area contributed by atoms with E-state index < -0.39 is 18.2 Å². The standard InChI is InChI=1S/C14H24O3SSi/c1-5-7-10-19(3,4)14-11-12(6-2)8-9-13(14)18(15,16)17/h8-9,11H,5-7,10H2,1-4H3,(H,15,16,17).